The second-order valence-corrected chi connectivity index (χ2v) is 5.61. The predicted octanol–water partition coefficient (Wildman–Crippen LogP) is 4.82. The maximum atomic E-state index is 3.60. The third-order valence-corrected chi connectivity index (χ3v) is 3.69. The van der Waals surface area contributed by atoms with Gasteiger partial charge < -0.3 is 5.32 Å². The van der Waals surface area contributed by atoms with Gasteiger partial charge in [0.15, 0.2) is 0 Å². The summed E-state index contributed by atoms with van der Waals surface area (Å²) < 4.78 is 0. The largest absolute Gasteiger partial charge is 0.316 e. The van der Waals surface area contributed by atoms with Crippen molar-refractivity contribution < 1.29 is 0 Å². The molecule has 108 valence electrons. The highest BCUT2D eigenvalue weighted by molar-refractivity contribution is 5.15. The molecule has 0 aliphatic rings. The summed E-state index contributed by atoms with van der Waals surface area (Å²) in [6.45, 7) is 6.85. The quantitative estimate of drug-likeness (QED) is 0.563. The Kier molecular flexibility index (Phi) is 9.44. The van der Waals surface area contributed by atoms with E-state index in [0.717, 1.165) is 12.5 Å². The van der Waals surface area contributed by atoms with Crippen molar-refractivity contribution in [3.05, 3.63) is 35.9 Å². The van der Waals surface area contributed by atoms with Gasteiger partial charge in [0.2, 0.25) is 0 Å². The van der Waals surface area contributed by atoms with Crippen molar-refractivity contribution >= 4 is 0 Å². The lowest BCUT2D eigenvalue weighted by molar-refractivity contribution is 0.422. The molecule has 0 saturated carbocycles. The summed E-state index contributed by atoms with van der Waals surface area (Å²) in [5, 5.41) is 3.60. The molecule has 0 aromatic heterocycles. The summed E-state index contributed by atoms with van der Waals surface area (Å²) in [7, 11) is 0. The van der Waals surface area contributed by atoms with E-state index in [1.807, 2.05) is 0 Å². The number of unbranched alkanes of at least 4 members (excludes halogenated alkanes) is 3. The van der Waals surface area contributed by atoms with E-state index >= 15 is 0 Å². The van der Waals surface area contributed by atoms with Crippen LogP contribution in [0.5, 0.6) is 0 Å². The van der Waals surface area contributed by atoms with Gasteiger partial charge in [0, 0.05) is 0 Å². The highest BCUT2D eigenvalue weighted by Gasteiger charge is 2.09. The zero-order valence-corrected chi connectivity index (χ0v) is 12.8. The topological polar surface area (TPSA) is 12.0 Å². The molecule has 0 aliphatic heterocycles. The summed E-state index contributed by atoms with van der Waals surface area (Å²) in [6.07, 6.45) is 9.33. The van der Waals surface area contributed by atoms with Gasteiger partial charge in [-0.15, -0.1) is 0 Å². The molecule has 0 heterocycles. The highest BCUT2D eigenvalue weighted by atomic mass is 14.8. The van der Waals surface area contributed by atoms with Crippen molar-refractivity contribution in [3.8, 4) is 0 Å². The molecule has 0 bridgehead atoms. The van der Waals surface area contributed by atoms with E-state index in [4.69, 9.17) is 0 Å². The Bertz CT molecular complexity index is 294. The molecule has 1 nitrogen and oxygen atoms in total. The van der Waals surface area contributed by atoms with Gasteiger partial charge in [0.05, 0.1) is 0 Å². The average Bonchev–Trinajstić information content (AvgIpc) is 2.44. The number of hydrogen-bond acceptors (Lipinski definition) is 1. The van der Waals surface area contributed by atoms with Crippen molar-refractivity contribution in [3.63, 3.8) is 0 Å². The van der Waals surface area contributed by atoms with Gasteiger partial charge in [-0.3, -0.25) is 0 Å². The van der Waals surface area contributed by atoms with Gasteiger partial charge in [-0.25, -0.2) is 0 Å². The molecular formula is C18H31N. The van der Waals surface area contributed by atoms with E-state index < -0.39 is 0 Å². The van der Waals surface area contributed by atoms with Crippen LogP contribution in [0, 0.1) is 5.92 Å². The van der Waals surface area contributed by atoms with Gasteiger partial charge in [0.25, 0.3) is 0 Å². The van der Waals surface area contributed by atoms with Gasteiger partial charge in [-0.1, -0.05) is 69.9 Å². The highest BCUT2D eigenvalue weighted by Crippen LogP contribution is 2.16. The SMILES string of the molecule is CCCCCCC(CNCCC)Cc1ccccc1. The summed E-state index contributed by atoms with van der Waals surface area (Å²) in [5.41, 5.74) is 1.49. The standard InChI is InChI=1S/C18H31N/c1-3-5-6-8-13-18(16-19-14-4-2)15-17-11-9-7-10-12-17/h7,9-12,18-19H,3-6,8,13-16H2,1-2H3. The van der Waals surface area contributed by atoms with Crippen LogP contribution in [0.25, 0.3) is 0 Å². The van der Waals surface area contributed by atoms with Gasteiger partial charge in [0.1, 0.15) is 0 Å². The second kappa shape index (κ2) is 11.0. The van der Waals surface area contributed by atoms with Crippen LogP contribution < -0.4 is 5.32 Å². The monoisotopic (exact) mass is 261 g/mol. The maximum Gasteiger partial charge on any atom is -0.00173 e. The predicted molar refractivity (Wildman–Crippen MR) is 85.6 cm³/mol. The molecule has 1 unspecified atom stereocenters. The second-order valence-electron chi connectivity index (χ2n) is 5.61. The fraction of sp³-hybridized carbons (Fsp3) is 0.667. The van der Waals surface area contributed by atoms with Gasteiger partial charge >= 0.3 is 0 Å². The molecule has 1 rings (SSSR count). The molecule has 1 aromatic carbocycles. The van der Waals surface area contributed by atoms with Crippen molar-refractivity contribution in [2.45, 2.75) is 58.8 Å². The molecule has 0 amide bonds. The third-order valence-electron chi connectivity index (χ3n) is 3.69. The Balaban J connectivity index is 2.35. The molecule has 1 N–H and O–H groups in total. The maximum absolute atomic E-state index is 3.60. The van der Waals surface area contributed by atoms with Crippen LogP contribution in [-0.2, 0) is 6.42 Å². The molecule has 1 aromatic rings. The van der Waals surface area contributed by atoms with E-state index in [0.29, 0.717) is 0 Å². The normalized spacial score (nSPS) is 12.5. The van der Waals surface area contributed by atoms with Gasteiger partial charge in [-0.2, -0.15) is 0 Å². The lowest BCUT2D eigenvalue weighted by atomic mass is 9.93. The minimum atomic E-state index is 0.797. The lowest BCUT2D eigenvalue weighted by Gasteiger charge is -2.17. The number of nitrogens with one attached hydrogen (secondary N) is 1. The Morgan fingerprint density at radius 1 is 0.947 bits per heavy atom. The third kappa shape index (κ3) is 8.05. The molecule has 0 radical (unpaired) electrons. The first-order chi connectivity index (χ1) is 9.36. The Morgan fingerprint density at radius 3 is 2.42 bits per heavy atom. The molecule has 0 aliphatic carbocycles. The molecule has 0 fully saturated rings. The Morgan fingerprint density at radius 2 is 1.74 bits per heavy atom. The number of benzene rings is 1. The van der Waals surface area contributed by atoms with Crippen LogP contribution in [0.15, 0.2) is 30.3 Å². The summed E-state index contributed by atoms with van der Waals surface area (Å²) in [4.78, 5) is 0. The van der Waals surface area contributed by atoms with Crippen LogP contribution in [0.4, 0.5) is 0 Å². The van der Waals surface area contributed by atoms with Crippen molar-refractivity contribution in [2.75, 3.05) is 13.1 Å². The first-order valence-electron chi connectivity index (χ1n) is 8.11. The van der Waals surface area contributed by atoms with Crippen LogP contribution in [0.2, 0.25) is 0 Å². The summed E-state index contributed by atoms with van der Waals surface area (Å²) in [6, 6.07) is 10.9. The fourth-order valence-corrected chi connectivity index (χ4v) is 2.57. The molecule has 0 saturated heterocycles. The van der Waals surface area contributed by atoms with Crippen LogP contribution in [0.3, 0.4) is 0 Å². The minimum Gasteiger partial charge on any atom is -0.316 e. The van der Waals surface area contributed by atoms with Gasteiger partial charge in [-0.05, 0) is 43.8 Å². The van der Waals surface area contributed by atoms with Crippen LogP contribution in [-0.4, -0.2) is 13.1 Å². The van der Waals surface area contributed by atoms with Crippen LogP contribution >= 0.6 is 0 Å². The average molecular weight is 261 g/mol. The zero-order chi connectivity index (χ0) is 13.8. The Labute approximate surface area is 119 Å². The van der Waals surface area contributed by atoms with E-state index in [1.165, 1.54) is 57.1 Å². The summed E-state index contributed by atoms with van der Waals surface area (Å²) in [5.74, 6) is 0.797. The smallest absolute Gasteiger partial charge is 0.00173 e. The first-order valence-corrected chi connectivity index (χ1v) is 8.11. The molecule has 19 heavy (non-hydrogen) atoms. The molecule has 1 atom stereocenters. The van der Waals surface area contributed by atoms with Crippen molar-refractivity contribution in [2.24, 2.45) is 5.92 Å². The number of rotatable bonds is 11. The van der Waals surface area contributed by atoms with Crippen LogP contribution in [0.1, 0.15) is 57.9 Å². The van der Waals surface area contributed by atoms with Crippen molar-refractivity contribution in [1.82, 2.24) is 5.32 Å². The minimum absolute atomic E-state index is 0.797. The van der Waals surface area contributed by atoms with E-state index in [9.17, 15) is 0 Å². The molecule has 1 heteroatoms. The Hall–Kier alpha value is -0.820. The molecule has 0 spiro atoms. The van der Waals surface area contributed by atoms with E-state index in [-0.39, 0.29) is 0 Å². The zero-order valence-electron chi connectivity index (χ0n) is 12.8. The first kappa shape index (κ1) is 16.2. The van der Waals surface area contributed by atoms with E-state index in [1.54, 1.807) is 0 Å². The summed E-state index contributed by atoms with van der Waals surface area (Å²) >= 11 is 0. The lowest BCUT2D eigenvalue weighted by Crippen LogP contribution is -2.25. The van der Waals surface area contributed by atoms with Crippen molar-refractivity contribution in [1.29, 1.82) is 0 Å². The molecular weight excluding hydrogens is 230 g/mol. The fourth-order valence-electron chi connectivity index (χ4n) is 2.57. The van der Waals surface area contributed by atoms with E-state index in [2.05, 4.69) is 49.5 Å². The number of hydrogen-bond donors (Lipinski definition) is 1.